The Hall–Kier alpha value is -1.14. The summed E-state index contributed by atoms with van der Waals surface area (Å²) < 4.78 is 5.58. The van der Waals surface area contributed by atoms with Crippen molar-refractivity contribution < 1.29 is 20.1 Å². The fourth-order valence-electron chi connectivity index (χ4n) is 2.14. The van der Waals surface area contributed by atoms with Crippen LogP contribution in [0.3, 0.4) is 0 Å². The molecule has 1 rings (SSSR count). The molecular formula is C15H25NO4. The van der Waals surface area contributed by atoms with Crippen molar-refractivity contribution in [2.24, 2.45) is 0 Å². The number of hydrogen-bond donors (Lipinski definition) is 3. The Bertz CT molecular complexity index is 371. The fourth-order valence-corrected chi connectivity index (χ4v) is 2.14. The highest BCUT2D eigenvalue weighted by Crippen LogP contribution is 2.16. The third kappa shape index (κ3) is 6.34. The Morgan fingerprint density at radius 3 is 2.10 bits per heavy atom. The first-order chi connectivity index (χ1) is 9.55. The standard InChI is InChI=1S/C15H25NO4/c1-12-7-13(2)9-15(8-12)20-11-14(19)10-16(3-5-17)4-6-18/h7-9,14,17-19H,3-6,10-11H2,1-2H3/t14-/m0/s1. The van der Waals surface area contributed by atoms with Gasteiger partial charge in [-0.2, -0.15) is 0 Å². The molecule has 0 aliphatic carbocycles. The Kier molecular flexibility index (Phi) is 7.54. The van der Waals surface area contributed by atoms with E-state index in [1.165, 1.54) is 0 Å². The first-order valence-electron chi connectivity index (χ1n) is 6.88. The molecule has 0 saturated heterocycles. The van der Waals surface area contributed by atoms with Crippen LogP contribution in [0.25, 0.3) is 0 Å². The first-order valence-corrected chi connectivity index (χ1v) is 6.88. The van der Waals surface area contributed by atoms with E-state index in [0.717, 1.165) is 16.9 Å². The van der Waals surface area contributed by atoms with Gasteiger partial charge in [-0.15, -0.1) is 0 Å². The predicted molar refractivity (Wildman–Crippen MR) is 78.0 cm³/mol. The number of aliphatic hydroxyl groups excluding tert-OH is 3. The molecule has 1 aromatic carbocycles. The van der Waals surface area contributed by atoms with E-state index in [4.69, 9.17) is 14.9 Å². The van der Waals surface area contributed by atoms with Gasteiger partial charge in [-0.1, -0.05) is 6.07 Å². The van der Waals surface area contributed by atoms with Gasteiger partial charge in [0, 0.05) is 19.6 Å². The molecule has 0 fully saturated rings. The summed E-state index contributed by atoms with van der Waals surface area (Å²) >= 11 is 0. The molecule has 0 spiro atoms. The van der Waals surface area contributed by atoms with Crippen molar-refractivity contribution in [2.75, 3.05) is 39.5 Å². The van der Waals surface area contributed by atoms with Crippen LogP contribution in [0.15, 0.2) is 18.2 Å². The molecule has 0 amide bonds. The Morgan fingerprint density at radius 2 is 1.60 bits per heavy atom. The van der Waals surface area contributed by atoms with Crippen molar-refractivity contribution in [1.29, 1.82) is 0 Å². The molecule has 0 radical (unpaired) electrons. The van der Waals surface area contributed by atoms with Crippen LogP contribution in [0, 0.1) is 13.8 Å². The number of rotatable bonds is 9. The number of aliphatic hydroxyl groups is 3. The summed E-state index contributed by atoms with van der Waals surface area (Å²) in [7, 11) is 0. The minimum Gasteiger partial charge on any atom is -0.491 e. The second kappa shape index (κ2) is 8.92. The fraction of sp³-hybridized carbons (Fsp3) is 0.600. The monoisotopic (exact) mass is 283 g/mol. The summed E-state index contributed by atoms with van der Waals surface area (Å²) in [6.45, 7) is 5.43. The van der Waals surface area contributed by atoms with E-state index in [2.05, 4.69) is 6.07 Å². The van der Waals surface area contributed by atoms with Crippen LogP contribution in [0.1, 0.15) is 11.1 Å². The van der Waals surface area contributed by atoms with Crippen LogP contribution >= 0.6 is 0 Å². The largest absolute Gasteiger partial charge is 0.491 e. The second-order valence-corrected chi connectivity index (χ2v) is 5.04. The number of aryl methyl sites for hydroxylation is 2. The van der Waals surface area contributed by atoms with Crippen molar-refractivity contribution >= 4 is 0 Å². The summed E-state index contributed by atoms with van der Waals surface area (Å²) in [6, 6.07) is 5.92. The lowest BCUT2D eigenvalue weighted by Gasteiger charge is -2.23. The number of hydrogen-bond acceptors (Lipinski definition) is 5. The number of nitrogens with zero attached hydrogens (tertiary/aromatic N) is 1. The van der Waals surface area contributed by atoms with Gasteiger partial charge in [0.1, 0.15) is 18.5 Å². The molecule has 20 heavy (non-hydrogen) atoms. The van der Waals surface area contributed by atoms with E-state index in [9.17, 15) is 5.11 Å². The van der Waals surface area contributed by atoms with Crippen LogP contribution in [-0.2, 0) is 0 Å². The van der Waals surface area contributed by atoms with Crippen LogP contribution in [0.4, 0.5) is 0 Å². The highest BCUT2D eigenvalue weighted by Gasteiger charge is 2.12. The predicted octanol–water partition coefficient (Wildman–Crippen LogP) is 0.330. The number of ether oxygens (including phenoxy) is 1. The van der Waals surface area contributed by atoms with Crippen molar-refractivity contribution in [3.63, 3.8) is 0 Å². The maximum absolute atomic E-state index is 9.94. The molecule has 1 aromatic rings. The van der Waals surface area contributed by atoms with E-state index >= 15 is 0 Å². The lowest BCUT2D eigenvalue weighted by atomic mass is 10.1. The van der Waals surface area contributed by atoms with E-state index in [0.29, 0.717) is 19.6 Å². The normalized spacial score (nSPS) is 12.7. The SMILES string of the molecule is Cc1cc(C)cc(OC[C@@H](O)CN(CCO)CCO)c1. The molecule has 0 aliphatic rings. The van der Waals surface area contributed by atoms with Crippen molar-refractivity contribution in [3.8, 4) is 5.75 Å². The molecule has 5 nitrogen and oxygen atoms in total. The molecule has 0 aromatic heterocycles. The third-order valence-corrected chi connectivity index (χ3v) is 2.94. The molecule has 0 saturated carbocycles. The minimum atomic E-state index is -0.658. The summed E-state index contributed by atoms with van der Waals surface area (Å²) in [5.74, 6) is 0.748. The second-order valence-electron chi connectivity index (χ2n) is 5.04. The molecule has 5 heteroatoms. The lowest BCUT2D eigenvalue weighted by molar-refractivity contribution is 0.0552. The quantitative estimate of drug-likeness (QED) is 0.609. The third-order valence-electron chi connectivity index (χ3n) is 2.94. The van der Waals surface area contributed by atoms with Gasteiger partial charge in [0.05, 0.1) is 13.2 Å². The summed E-state index contributed by atoms with van der Waals surface area (Å²) in [5, 5.41) is 27.8. The van der Waals surface area contributed by atoms with Gasteiger partial charge >= 0.3 is 0 Å². The maximum atomic E-state index is 9.94. The molecular weight excluding hydrogens is 258 g/mol. The van der Waals surface area contributed by atoms with Gasteiger partial charge in [-0.3, -0.25) is 4.90 Å². The van der Waals surface area contributed by atoms with Crippen molar-refractivity contribution in [1.82, 2.24) is 4.90 Å². The van der Waals surface area contributed by atoms with Gasteiger partial charge in [0.2, 0.25) is 0 Å². The first kappa shape index (κ1) is 16.9. The van der Waals surface area contributed by atoms with Gasteiger partial charge in [-0.05, 0) is 37.1 Å². The summed E-state index contributed by atoms with van der Waals surface area (Å²) in [4.78, 5) is 1.80. The zero-order valence-electron chi connectivity index (χ0n) is 12.2. The van der Waals surface area contributed by atoms with Crippen LogP contribution in [0.2, 0.25) is 0 Å². The van der Waals surface area contributed by atoms with Crippen LogP contribution in [0.5, 0.6) is 5.75 Å². The van der Waals surface area contributed by atoms with E-state index in [-0.39, 0.29) is 19.8 Å². The zero-order valence-corrected chi connectivity index (χ0v) is 12.2. The highest BCUT2D eigenvalue weighted by atomic mass is 16.5. The summed E-state index contributed by atoms with van der Waals surface area (Å²) in [6.07, 6.45) is -0.658. The van der Waals surface area contributed by atoms with Crippen LogP contribution in [-0.4, -0.2) is 65.8 Å². The number of benzene rings is 1. The molecule has 114 valence electrons. The van der Waals surface area contributed by atoms with Gasteiger partial charge in [-0.25, -0.2) is 0 Å². The van der Waals surface area contributed by atoms with Gasteiger partial charge < -0.3 is 20.1 Å². The smallest absolute Gasteiger partial charge is 0.119 e. The average Bonchev–Trinajstić information content (AvgIpc) is 2.36. The Balaban J connectivity index is 2.43. The van der Waals surface area contributed by atoms with E-state index < -0.39 is 6.10 Å². The average molecular weight is 283 g/mol. The van der Waals surface area contributed by atoms with E-state index in [1.807, 2.05) is 26.0 Å². The lowest BCUT2D eigenvalue weighted by Crippen LogP contribution is -2.38. The highest BCUT2D eigenvalue weighted by molar-refractivity contribution is 5.32. The van der Waals surface area contributed by atoms with E-state index in [1.54, 1.807) is 4.90 Å². The molecule has 0 unspecified atom stereocenters. The molecule has 3 N–H and O–H groups in total. The maximum Gasteiger partial charge on any atom is 0.119 e. The molecule has 1 atom stereocenters. The van der Waals surface area contributed by atoms with Crippen molar-refractivity contribution in [2.45, 2.75) is 20.0 Å². The molecule has 0 heterocycles. The Labute approximate surface area is 120 Å². The zero-order chi connectivity index (χ0) is 15.0. The molecule has 0 bridgehead atoms. The van der Waals surface area contributed by atoms with Crippen molar-refractivity contribution in [3.05, 3.63) is 29.3 Å². The van der Waals surface area contributed by atoms with Gasteiger partial charge in [0.25, 0.3) is 0 Å². The minimum absolute atomic E-state index is 0.00461. The molecule has 0 aliphatic heterocycles. The van der Waals surface area contributed by atoms with Gasteiger partial charge in [0.15, 0.2) is 0 Å². The topological polar surface area (TPSA) is 73.2 Å². The summed E-state index contributed by atoms with van der Waals surface area (Å²) in [5.41, 5.74) is 2.24. The van der Waals surface area contributed by atoms with Crippen LogP contribution < -0.4 is 4.74 Å². The Morgan fingerprint density at radius 1 is 1.05 bits per heavy atom.